The zero-order valence-electron chi connectivity index (χ0n) is 16.0. The molecule has 2 N–H and O–H groups in total. The molecule has 0 bridgehead atoms. The second-order valence-electron chi connectivity index (χ2n) is 7.32. The van der Waals surface area contributed by atoms with Crippen LogP contribution in [0.2, 0.25) is 0 Å². The van der Waals surface area contributed by atoms with Gasteiger partial charge in [-0.25, -0.2) is 13.1 Å². The normalized spacial score (nSPS) is 13.0. The molecule has 7 heteroatoms. The highest BCUT2D eigenvalue weighted by atomic mass is 32.2. The molecule has 0 aliphatic carbocycles. The monoisotopic (exact) mass is 390 g/mol. The predicted octanol–water partition coefficient (Wildman–Crippen LogP) is 3.02. The van der Waals surface area contributed by atoms with Gasteiger partial charge in [-0.15, -0.1) is 0 Å². The first-order valence-electron chi connectivity index (χ1n) is 8.68. The van der Waals surface area contributed by atoms with Crippen molar-refractivity contribution in [2.24, 2.45) is 0 Å². The summed E-state index contributed by atoms with van der Waals surface area (Å²) < 4.78 is 32.6. The van der Waals surface area contributed by atoms with Crippen molar-refractivity contribution in [1.29, 1.82) is 0 Å². The van der Waals surface area contributed by atoms with Crippen LogP contribution < -0.4 is 14.8 Å². The summed E-state index contributed by atoms with van der Waals surface area (Å²) in [5.74, 6) is 0.171. The smallest absolute Gasteiger partial charge is 0.258 e. The molecule has 2 rings (SSSR count). The number of carbonyl (C=O) groups is 1. The largest absolute Gasteiger partial charge is 0.484 e. The average molecular weight is 391 g/mol. The van der Waals surface area contributed by atoms with Gasteiger partial charge in [-0.3, -0.25) is 4.79 Å². The maximum atomic E-state index is 12.3. The summed E-state index contributed by atoms with van der Waals surface area (Å²) >= 11 is 0. The van der Waals surface area contributed by atoms with Crippen molar-refractivity contribution in [3.8, 4) is 5.75 Å². The van der Waals surface area contributed by atoms with E-state index >= 15 is 0 Å². The highest BCUT2D eigenvalue weighted by Gasteiger charge is 2.21. The highest BCUT2D eigenvalue weighted by Crippen LogP contribution is 2.18. The summed E-state index contributed by atoms with van der Waals surface area (Å²) in [6.07, 6.45) is 0. The van der Waals surface area contributed by atoms with Crippen LogP contribution >= 0.6 is 0 Å². The first kappa shape index (κ1) is 20.9. The molecule has 2 aromatic rings. The van der Waals surface area contributed by atoms with Gasteiger partial charge in [0.05, 0.1) is 10.9 Å². The van der Waals surface area contributed by atoms with Gasteiger partial charge in [-0.05, 0) is 57.5 Å². The molecule has 0 heterocycles. The molecule has 0 unspecified atom stereocenters. The summed E-state index contributed by atoms with van der Waals surface area (Å²) in [7, 11) is -3.60. The van der Waals surface area contributed by atoms with E-state index in [0.29, 0.717) is 5.75 Å². The van der Waals surface area contributed by atoms with Crippen LogP contribution in [0.15, 0.2) is 59.5 Å². The first-order chi connectivity index (χ1) is 12.6. The van der Waals surface area contributed by atoms with E-state index in [4.69, 9.17) is 4.74 Å². The standard InChI is InChI=1S/C20H26N2O4S/c1-15(16-8-6-5-7-9-16)21-19(23)14-26-17-10-12-18(13-11-17)27(24,25)22-20(2,3)4/h5-13,15,22H,14H2,1-4H3,(H,21,23)/t15-/m0/s1. The number of rotatable bonds is 7. The first-order valence-corrected chi connectivity index (χ1v) is 10.2. The molecule has 0 aliphatic heterocycles. The van der Waals surface area contributed by atoms with E-state index in [1.807, 2.05) is 37.3 Å². The lowest BCUT2D eigenvalue weighted by Crippen LogP contribution is -2.40. The van der Waals surface area contributed by atoms with E-state index < -0.39 is 15.6 Å². The van der Waals surface area contributed by atoms with Crippen LogP contribution in [-0.4, -0.2) is 26.5 Å². The van der Waals surface area contributed by atoms with Crippen LogP contribution in [0, 0.1) is 0 Å². The van der Waals surface area contributed by atoms with Crippen LogP contribution in [0.3, 0.4) is 0 Å². The van der Waals surface area contributed by atoms with Crippen LogP contribution in [0.25, 0.3) is 0 Å². The molecule has 0 spiro atoms. The second kappa shape index (κ2) is 8.54. The Balaban J connectivity index is 1.90. The van der Waals surface area contributed by atoms with Crippen molar-refractivity contribution in [3.63, 3.8) is 0 Å². The van der Waals surface area contributed by atoms with Gasteiger partial charge in [0.25, 0.3) is 5.91 Å². The van der Waals surface area contributed by atoms with Crippen LogP contribution in [-0.2, 0) is 14.8 Å². The maximum absolute atomic E-state index is 12.3. The zero-order chi connectivity index (χ0) is 20.1. The van der Waals surface area contributed by atoms with Gasteiger partial charge in [0.1, 0.15) is 5.75 Å². The second-order valence-corrected chi connectivity index (χ2v) is 9.00. The minimum Gasteiger partial charge on any atom is -0.484 e. The SMILES string of the molecule is C[C@H](NC(=O)COc1ccc(S(=O)(=O)NC(C)(C)C)cc1)c1ccccc1. The van der Waals surface area contributed by atoms with Gasteiger partial charge in [0.15, 0.2) is 6.61 Å². The summed E-state index contributed by atoms with van der Waals surface area (Å²) in [5, 5.41) is 2.86. The quantitative estimate of drug-likeness (QED) is 0.761. The maximum Gasteiger partial charge on any atom is 0.258 e. The Kier molecular flexibility index (Phi) is 6.62. The summed E-state index contributed by atoms with van der Waals surface area (Å²) in [6.45, 7) is 7.07. The predicted molar refractivity (Wildman–Crippen MR) is 105 cm³/mol. The Morgan fingerprint density at radius 3 is 2.19 bits per heavy atom. The molecule has 0 saturated carbocycles. The third-order valence-electron chi connectivity index (χ3n) is 3.62. The van der Waals surface area contributed by atoms with Crippen molar-refractivity contribution in [2.75, 3.05) is 6.61 Å². The van der Waals surface area contributed by atoms with Gasteiger partial charge in [-0.2, -0.15) is 0 Å². The van der Waals surface area contributed by atoms with Crippen molar-refractivity contribution in [1.82, 2.24) is 10.0 Å². The number of sulfonamides is 1. The van der Waals surface area contributed by atoms with E-state index in [2.05, 4.69) is 10.0 Å². The number of carbonyl (C=O) groups excluding carboxylic acids is 1. The third-order valence-corrected chi connectivity index (χ3v) is 5.40. The number of hydrogen-bond acceptors (Lipinski definition) is 4. The summed E-state index contributed by atoms with van der Waals surface area (Å²) in [4.78, 5) is 12.2. The Hall–Kier alpha value is -2.38. The molecule has 27 heavy (non-hydrogen) atoms. The number of nitrogens with one attached hydrogen (secondary N) is 2. The van der Waals surface area contributed by atoms with E-state index in [0.717, 1.165) is 5.56 Å². The van der Waals surface area contributed by atoms with Crippen molar-refractivity contribution < 1.29 is 17.9 Å². The lowest BCUT2D eigenvalue weighted by Gasteiger charge is -2.20. The minimum atomic E-state index is -3.60. The Morgan fingerprint density at radius 1 is 1.04 bits per heavy atom. The van der Waals surface area contributed by atoms with E-state index in [1.54, 1.807) is 20.8 Å². The molecular formula is C20H26N2O4S. The highest BCUT2D eigenvalue weighted by molar-refractivity contribution is 7.89. The van der Waals surface area contributed by atoms with E-state index in [9.17, 15) is 13.2 Å². The fourth-order valence-electron chi connectivity index (χ4n) is 2.43. The fourth-order valence-corrected chi connectivity index (χ4v) is 3.85. The zero-order valence-corrected chi connectivity index (χ0v) is 16.8. The number of ether oxygens (including phenoxy) is 1. The van der Waals surface area contributed by atoms with Gasteiger partial charge in [0, 0.05) is 5.54 Å². The summed E-state index contributed by atoms with van der Waals surface area (Å²) in [6, 6.07) is 15.5. The molecular weight excluding hydrogens is 364 g/mol. The molecule has 0 radical (unpaired) electrons. The van der Waals surface area contributed by atoms with Gasteiger partial charge in [-0.1, -0.05) is 30.3 Å². The van der Waals surface area contributed by atoms with Crippen molar-refractivity contribution in [2.45, 2.75) is 44.2 Å². The Morgan fingerprint density at radius 2 is 1.63 bits per heavy atom. The molecule has 0 aliphatic rings. The molecule has 0 fully saturated rings. The fraction of sp³-hybridized carbons (Fsp3) is 0.350. The Labute approximate surface area is 161 Å². The van der Waals surface area contributed by atoms with Crippen LogP contribution in [0.5, 0.6) is 5.75 Å². The molecule has 146 valence electrons. The van der Waals surface area contributed by atoms with E-state index in [1.165, 1.54) is 24.3 Å². The van der Waals surface area contributed by atoms with Crippen LogP contribution in [0.1, 0.15) is 39.3 Å². The summed E-state index contributed by atoms with van der Waals surface area (Å²) in [5.41, 5.74) is 0.438. The molecule has 0 aromatic heterocycles. The molecule has 1 amide bonds. The lowest BCUT2D eigenvalue weighted by atomic mass is 10.1. The molecule has 1 atom stereocenters. The van der Waals surface area contributed by atoms with Crippen molar-refractivity contribution >= 4 is 15.9 Å². The van der Waals surface area contributed by atoms with Gasteiger partial charge < -0.3 is 10.1 Å². The minimum absolute atomic E-state index is 0.127. The Bertz CT molecular complexity index is 857. The van der Waals surface area contributed by atoms with Crippen LogP contribution in [0.4, 0.5) is 0 Å². The number of hydrogen-bond donors (Lipinski definition) is 2. The van der Waals surface area contributed by atoms with Gasteiger partial charge in [0.2, 0.25) is 10.0 Å². The number of benzene rings is 2. The van der Waals surface area contributed by atoms with E-state index in [-0.39, 0.29) is 23.5 Å². The van der Waals surface area contributed by atoms with Crippen molar-refractivity contribution in [3.05, 3.63) is 60.2 Å². The molecule has 0 saturated heterocycles. The molecule has 2 aromatic carbocycles. The lowest BCUT2D eigenvalue weighted by molar-refractivity contribution is -0.123. The molecule has 6 nitrogen and oxygen atoms in total. The third kappa shape index (κ3) is 6.69. The average Bonchev–Trinajstić information content (AvgIpc) is 2.59. The topological polar surface area (TPSA) is 84.5 Å². The number of amides is 1. The van der Waals surface area contributed by atoms with Gasteiger partial charge >= 0.3 is 0 Å².